The molecule has 0 amide bonds. The number of benzene rings is 8. The number of rotatable bonds is 6. The van der Waals surface area contributed by atoms with Gasteiger partial charge in [-0.3, -0.25) is 0 Å². The van der Waals surface area contributed by atoms with Crippen LogP contribution in [0.1, 0.15) is 5.48 Å². The van der Waals surface area contributed by atoms with Crippen LogP contribution in [0, 0.1) is 0 Å². The molecule has 0 N–H and O–H groups in total. The molecule has 5 nitrogen and oxygen atoms in total. The zero-order valence-electron chi connectivity index (χ0n) is 33.9. The molecular formula is C51H32N4O. The molecule has 3 heterocycles. The number of hydrogen-bond acceptors (Lipinski definition) is 4. The van der Waals surface area contributed by atoms with Crippen LogP contribution in [0.4, 0.5) is 0 Å². The minimum absolute atomic E-state index is 0.0806. The molecule has 11 rings (SSSR count). The summed E-state index contributed by atoms with van der Waals surface area (Å²) in [4.78, 5) is 14.9. The lowest BCUT2D eigenvalue weighted by atomic mass is 9.92. The van der Waals surface area contributed by atoms with Crippen LogP contribution in [0.2, 0.25) is 0 Å². The van der Waals surface area contributed by atoms with Crippen LogP contribution in [-0.2, 0) is 0 Å². The van der Waals surface area contributed by atoms with Crippen molar-refractivity contribution in [3.63, 3.8) is 0 Å². The molecule has 0 fully saturated rings. The van der Waals surface area contributed by atoms with Crippen molar-refractivity contribution in [2.45, 2.75) is 0 Å². The molecule has 0 saturated carbocycles. The average Bonchev–Trinajstić information content (AvgIpc) is 3.87. The van der Waals surface area contributed by atoms with Crippen molar-refractivity contribution in [3.05, 3.63) is 194 Å². The number of aromatic nitrogens is 4. The Morgan fingerprint density at radius 3 is 1.79 bits per heavy atom. The molecule has 0 saturated heterocycles. The largest absolute Gasteiger partial charge is 0.456 e. The van der Waals surface area contributed by atoms with E-state index in [4.69, 9.17) is 22.1 Å². The first kappa shape index (κ1) is 27.9. The van der Waals surface area contributed by atoms with Gasteiger partial charge in [-0.05, 0) is 76.8 Å². The molecule has 0 aliphatic carbocycles. The van der Waals surface area contributed by atoms with Gasteiger partial charge in [-0.1, -0.05) is 139 Å². The maximum Gasteiger partial charge on any atom is 0.164 e. The molecule has 0 bridgehead atoms. The minimum atomic E-state index is -0.286. The third-order valence-corrected chi connectivity index (χ3v) is 10.4. The normalized spacial score (nSPS) is 12.6. The first-order valence-corrected chi connectivity index (χ1v) is 18.5. The fraction of sp³-hybridized carbons (Fsp3) is 0. The van der Waals surface area contributed by atoms with Gasteiger partial charge in [0.25, 0.3) is 0 Å². The summed E-state index contributed by atoms with van der Waals surface area (Å²) in [5.41, 5.74) is 9.79. The fourth-order valence-corrected chi connectivity index (χ4v) is 7.82. The van der Waals surface area contributed by atoms with Gasteiger partial charge < -0.3 is 8.98 Å². The number of hydrogen-bond donors (Lipinski definition) is 0. The molecule has 0 unspecified atom stereocenters. The van der Waals surface area contributed by atoms with Crippen molar-refractivity contribution in [1.29, 1.82) is 0 Å². The summed E-state index contributed by atoms with van der Waals surface area (Å²) >= 11 is 0. The van der Waals surface area contributed by atoms with Crippen molar-refractivity contribution in [3.8, 4) is 62.1 Å². The summed E-state index contributed by atoms with van der Waals surface area (Å²) in [6.07, 6.45) is 0. The highest BCUT2D eigenvalue weighted by Crippen LogP contribution is 2.42. The van der Waals surface area contributed by atoms with Gasteiger partial charge in [0.05, 0.1) is 16.5 Å². The van der Waals surface area contributed by atoms with Crippen LogP contribution in [0.3, 0.4) is 0 Å². The van der Waals surface area contributed by atoms with Crippen LogP contribution < -0.4 is 0 Å². The summed E-state index contributed by atoms with van der Waals surface area (Å²) in [6, 6.07) is 55.2. The van der Waals surface area contributed by atoms with E-state index < -0.39 is 0 Å². The molecule has 3 aromatic heterocycles. The molecule has 8 aromatic carbocycles. The van der Waals surface area contributed by atoms with E-state index in [1.54, 1.807) is 0 Å². The molecule has 0 atom stereocenters. The molecule has 56 heavy (non-hydrogen) atoms. The van der Waals surface area contributed by atoms with Gasteiger partial charge in [0.2, 0.25) is 0 Å². The summed E-state index contributed by atoms with van der Waals surface area (Å²) < 4.78 is 44.1. The average molecular weight is 721 g/mol. The number of para-hydroxylation sites is 2. The van der Waals surface area contributed by atoms with Gasteiger partial charge in [0.15, 0.2) is 17.5 Å². The van der Waals surface area contributed by atoms with Gasteiger partial charge in [0, 0.05) is 43.9 Å². The second-order valence-corrected chi connectivity index (χ2v) is 13.7. The first-order chi connectivity index (χ1) is 29.4. The predicted molar refractivity (Wildman–Crippen MR) is 229 cm³/mol. The Labute approximate surface area is 328 Å². The SMILES string of the molecule is [2H]c1c([2H])c([2H])c2c(c1[2H])c1c(-c3ccccc3-c3ccccc3)cccc1n2-c1ccc(-c2nc(-c3ccccc3)nc(-c3ccc4c(c3)oc3ccccc34)n2)cc1. The van der Waals surface area contributed by atoms with Crippen LogP contribution in [0.25, 0.3) is 106 Å². The number of furan rings is 1. The lowest BCUT2D eigenvalue weighted by Crippen LogP contribution is -2.00. The maximum absolute atomic E-state index is 9.23. The Morgan fingerprint density at radius 2 is 1.00 bits per heavy atom. The van der Waals surface area contributed by atoms with E-state index in [0.717, 1.165) is 77.5 Å². The topological polar surface area (TPSA) is 56.7 Å². The van der Waals surface area contributed by atoms with Crippen molar-refractivity contribution >= 4 is 43.7 Å². The molecule has 0 spiro atoms. The van der Waals surface area contributed by atoms with E-state index in [1.807, 2.05) is 144 Å². The first-order valence-electron chi connectivity index (χ1n) is 20.5. The summed E-state index contributed by atoms with van der Waals surface area (Å²) in [6.45, 7) is 0. The van der Waals surface area contributed by atoms with Crippen LogP contribution in [-0.4, -0.2) is 19.5 Å². The van der Waals surface area contributed by atoms with E-state index in [9.17, 15) is 2.74 Å². The molecule has 11 aromatic rings. The van der Waals surface area contributed by atoms with E-state index in [1.165, 1.54) is 0 Å². The van der Waals surface area contributed by atoms with E-state index in [-0.39, 0.29) is 24.2 Å². The molecule has 0 aliphatic rings. The number of nitrogens with zero attached hydrogens (tertiary/aromatic N) is 4. The Hall–Kier alpha value is -7.63. The molecule has 0 aliphatic heterocycles. The molecule has 5 heteroatoms. The van der Waals surface area contributed by atoms with Gasteiger partial charge in [-0.15, -0.1) is 0 Å². The molecule has 262 valence electrons. The summed E-state index contributed by atoms with van der Waals surface area (Å²) in [5.74, 6) is 1.53. The van der Waals surface area contributed by atoms with Gasteiger partial charge >= 0.3 is 0 Å². The lowest BCUT2D eigenvalue weighted by Gasteiger charge is -2.13. The smallest absolute Gasteiger partial charge is 0.164 e. The Kier molecular flexibility index (Phi) is 6.50. The van der Waals surface area contributed by atoms with Crippen molar-refractivity contribution in [1.82, 2.24) is 19.5 Å². The Morgan fingerprint density at radius 1 is 0.411 bits per heavy atom. The Balaban J connectivity index is 1.09. The van der Waals surface area contributed by atoms with E-state index in [0.29, 0.717) is 28.4 Å². The van der Waals surface area contributed by atoms with Crippen molar-refractivity contribution in [2.24, 2.45) is 0 Å². The zero-order chi connectivity index (χ0) is 40.5. The zero-order valence-corrected chi connectivity index (χ0v) is 29.9. The fourth-order valence-electron chi connectivity index (χ4n) is 7.82. The van der Waals surface area contributed by atoms with Crippen LogP contribution in [0.15, 0.2) is 198 Å². The third-order valence-electron chi connectivity index (χ3n) is 10.4. The monoisotopic (exact) mass is 720 g/mol. The summed E-state index contributed by atoms with van der Waals surface area (Å²) in [5, 5.41) is 3.29. The van der Waals surface area contributed by atoms with E-state index in [2.05, 4.69) is 30.3 Å². The number of fused-ring (bicyclic) bond motifs is 6. The van der Waals surface area contributed by atoms with Crippen LogP contribution in [0.5, 0.6) is 0 Å². The van der Waals surface area contributed by atoms with Gasteiger partial charge in [-0.2, -0.15) is 0 Å². The quantitative estimate of drug-likeness (QED) is 0.172. The predicted octanol–water partition coefficient (Wildman–Crippen LogP) is 13.2. The van der Waals surface area contributed by atoms with Gasteiger partial charge in [-0.25, -0.2) is 15.0 Å². The third kappa shape index (κ3) is 5.29. The van der Waals surface area contributed by atoms with Crippen LogP contribution >= 0.6 is 0 Å². The highest BCUT2D eigenvalue weighted by Gasteiger charge is 2.19. The highest BCUT2D eigenvalue weighted by atomic mass is 16.3. The summed E-state index contributed by atoms with van der Waals surface area (Å²) in [7, 11) is 0. The lowest BCUT2D eigenvalue weighted by molar-refractivity contribution is 0.669. The van der Waals surface area contributed by atoms with Crippen molar-refractivity contribution in [2.75, 3.05) is 0 Å². The van der Waals surface area contributed by atoms with E-state index >= 15 is 0 Å². The Bertz CT molecular complexity index is 3470. The second kappa shape index (κ2) is 13.0. The minimum Gasteiger partial charge on any atom is -0.456 e. The highest BCUT2D eigenvalue weighted by molar-refractivity contribution is 6.16. The second-order valence-electron chi connectivity index (χ2n) is 13.7. The van der Waals surface area contributed by atoms with Crippen molar-refractivity contribution < 1.29 is 9.90 Å². The maximum atomic E-state index is 9.23. The standard InChI is InChI=1S/C51H32N4O/c1-3-14-33(15-4-1)38-18-7-8-19-39(38)42-22-13-24-45-48(42)43-21-9-11-23-44(43)55(45)37-29-26-35(27-30-37)50-52-49(34-16-5-2-6-17-34)53-51(54-50)36-28-31-41-40-20-10-12-25-46(40)56-47(41)32-36/h1-32H/i9D,11D,21D,23D. The molecular weight excluding hydrogens is 685 g/mol. The van der Waals surface area contributed by atoms with Gasteiger partial charge in [0.1, 0.15) is 11.2 Å². The molecule has 0 radical (unpaired) electrons.